The van der Waals surface area contributed by atoms with Crippen LogP contribution in [0.3, 0.4) is 0 Å². The van der Waals surface area contributed by atoms with E-state index < -0.39 is 24.2 Å². The van der Waals surface area contributed by atoms with E-state index in [4.69, 9.17) is 4.74 Å². The lowest BCUT2D eigenvalue weighted by atomic mass is 10.0. The highest BCUT2D eigenvalue weighted by atomic mass is 79.9. The molecule has 0 radical (unpaired) electrons. The lowest BCUT2D eigenvalue weighted by Gasteiger charge is -2.17. The topological polar surface area (TPSA) is 95.9 Å². The highest BCUT2D eigenvalue weighted by Gasteiger charge is 2.17. The second-order valence-corrected chi connectivity index (χ2v) is 6.27. The maximum absolute atomic E-state index is 12.0. The van der Waals surface area contributed by atoms with Crippen molar-refractivity contribution in [2.45, 2.75) is 19.4 Å². The Balaban J connectivity index is 1.92. The van der Waals surface area contributed by atoms with Crippen LogP contribution < -0.4 is 5.32 Å². The zero-order valence-corrected chi connectivity index (χ0v) is 15.1. The number of hydrogen-bond donors (Lipinski definition) is 3. The predicted octanol–water partition coefficient (Wildman–Crippen LogP) is 3.28. The molecule has 0 aliphatic rings. The number of halogens is 1. The molecule has 1 amide bonds. The minimum atomic E-state index is -0.843. The van der Waals surface area contributed by atoms with Crippen LogP contribution in [0.1, 0.15) is 35.3 Å². The van der Waals surface area contributed by atoms with E-state index in [0.717, 1.165) is 16.1 Å². The van der Waals surface area contributed by atoms with Gasteiger partial charge in [0.05, 0.1) is 6.04 Å². The van der Waals surface area contributed by atoms with Crippen LogP contribution in [0, 0.1) is 0 Å². The number of amides is 1. The van der Waals surface area contributed by atoms with Crippen LogP contribution in [0.4, 0.5) is 0 Å². The van der Waals surface area contributed by atoms with Gasteiger partial charge in [0.15, 0.2) is 6.61 Å². The lowest BCUT2D eigenvalue weighted by Crippen LogP contribution is -2.32. The van der Waals surface area contributed by atoms with Gasteiger partial charge in [0, 0.05) is 10.5 Å². The first kappa shape index (κ1) is 18.8. The van der Waals surface area contributed by atoms with Crippen LogP contribution in [0.2, 0.25) is 0 Å². The van der Waals surface area contributed by atoms with Crippen molar-refractivity contribution in [3.8, 4) is 11.5 Å². The van der Waals surface area contributed by atoms with Crippen molar-refractivity contribution >= 4 is 27.8 Å². The molecular weight excluding hydrogens is 390 g/mol. The van der Waals surface area contributed by atoms with Gasteiger partial charge in [-0.05, 0) is 36.2 Å². The molecule has 0 unspecified atom stereocenters. The summed E-state index contributed by atoms with van der Waals surface area (Å²) < 4.78 is 5.86. The second-order valence-electron chi connectivity index (χ2n) is 5.36. The van der Waals surface area contributed by atoms with E-state index in [1.54, 1.807) is 0 Å². The fourth-order valence-corrected chi connectivity index (χ4v) is 2.52. The molecule has 2 rings (SSSR count). The summed E-state index contributed by atoms with van der Waals surface area (Å²) in [4.78, 5) is 23.9. The van der Waals surface area contributed by atoms with Gasteiger partial charge in [0.1, 0.15) is 17.1 Å². The van der Waals surface area contributed by atoms with Gasteiger partial charge in [-0.15, -0.1) is 0 Å². The molecule has 2 aromatic rings. The lowest BCUT2D eigenvalue weighted by molar-refractivity contribution is -0.125. The van der Waals surface area contributed by atoms with E-state index in [9.17, 15) is 19.8 Å². The molecule has 1 atom stereocenters. The maximum Gasteiger partial charge on any atom is 0.342 e. The number of carbonyl (C=O) groups is 2. The van der Waals surface area contributed by atoms with Gasteiger partial charge in [-0.25, -0.2) is 4.79 Å². The Kier molecular flexibility index (Phi) is 6.41. The van der Waals surface area contributed by atoms with Gasteiger partial charge in [0.2, 0.25) is 0 Å². The Morgan fingerprint density at radius 2 is 1.84 bits per heavy atom. The minimum absolute atomic E-state index is 0.120. The molecule has 0 bridgehead atoms. The molecule has 3 N–H and O–H groups in total. The molecule has 0 saturated carbocycles. The van der Waals surface area contributed by atoms with E-state index in [2.05, 4.69) is 21.2 Å². The van der Waals surface area contributed by atoms with Crippen molar-refractivity contribution in [2.75, 3.05) is 6.61 Å². The van der Waals surface area contributed by atoms with Gasteiger partial charge in [-0.2, -0.15) is 0 Å². The Morgan fingerprint density at radius 3 is 2.44 bits per heavy atom. The first-order valence-electron chi connectivity index (χ1n) is 7.64. The number of benzene rings is 2. The largest absolute Gasteiger partial charge is 0.508 e. The number of hydrogen-bond acceptors (Lipinski definition) is 5. The second kappa shape index (κ2) is 8.53. The first-order valence-corrected chi connectivity index (χ1v) is 8.44. The molecule has 0 aromatic heterocycles. The highest BCUT2D eigenvalue weighted by molar-refractivity contribution is 9.10. The first-order chi connectivity index (χ1) is 11.9. The minimum Gasteiger partial charge on any atom is -0.508 e. The zero-order valence-electron chi connectivity index (χ0n) is 13.5. The molecule has 0 fully saturated rings. The van der Waals surface area contributed by atoms with Crippen LogP contribution in [-0.2, 0) is 9.53 Å². The molecule has 0 aliphatic heterocycles. The summed E-state index contributed by atoms with van der Waals surface area (Å²) in [5.41, 5.74) is 0.826. The van der Waals surface area contributed by atoms with Crippen molar-refractivity contribution in [3.05, 3.63) is 58.1 Å². The van der Waals surface area contributed by atoms with Gasteiger partial charge in [-0.1, -0.05) is 35.0 Å². The number of rotatable bonds is 6. The summed E-state index contributed by atoms with van der Waals surface area (Å²) in [5, 5.41) is 21.6. The number of esters is 1. The Labute approximate surface area is 153 Å². The number of phenolic OH excluding ortho intramolecular Hbond substituents is 2. The molecule has 0 aliphatic carbocycles. The summed E-state index contributed by atoms with van der Waals surface area (Å²) in [6.45, 7) is 1.47. The van der Waals surface area contributed by atoms with E-state index in [1.165, 1.54) is 12.1 Å². The zero-order chi connectivity index (χ0) is 18.4. The normalized spacial score (nSPS) is 11.6. The number of phenols is 2. The average Bonchev–Trinajstić information content (AvgIpc) is 2.58. The van der Waals surface area contributed by atoms with Gasteiger partial charge in [-0.3, -0.25) is 4.79 Å². The Hall–Kier alpha value is -2.54. The van der Waals surface area contributed by atoms with E-state index in [0.29, 0.717) is 6.42 Å². The summed E-state index contributed by atoms with van der Waals surface area (Å²) in [6, 6.07) is 10.9. The average molecular weight is 408 g/mol. The van der Waals surface area contributed by atoms with Gasteiger partial charge >= 0.3 is 5.97 Å². The fourth-order valence-electron chi connectivity index (χ4n) is 2.25. The molecule has 6 nitrogen and oxygen atoms in total. The van der Waals surface area contributed by atoms with Crippen LogP contribution in [-0.4, -0.2) is 28.7 Å². The fraction of sp³-hybridized carbons (Fsp3) is 0.222. The summed E-state index contributed by atoms with van der Waals surface area (Å²) in [7, 11) is 0. The van der Waals surface area contributed by atoms with Crippen molar-refractivity contribution in [1.29, 1.82) is 0 Å². The Morgan fingerprint density at radius 1 is 1.16 bits per heavy atom. The standard InChI is InChI=1S/C18H18BrNO5/c1-2-15(11-3-5-12(19)6-4-11)20-17(23)10-25-18(24)14-8-7-13(21)9-16(14)22/h3-9,15,21-22H,2,10H2,1H3,(H,20,23)/t15-/m0/s1. The molecule has 25 heavy (non-hydrogen) atoms. The third-order valence-corrected chi connectivity index (χ3v) is 4.08. The molecule has 7 heteroatoms. The molecule has 0 heterocycles. The van der Waals surface area contributed by atoms with Crippen LogP contribution in [0.25, 0.3) is 0 Å². The van der Waals surface area contributed by atoms with Crippen molar-refractivity contribution < 1.29 is 24.5 Å². The van der Waals surface area contributed by atoms with Crippen LogP contribution in [0.15, 0.2) is 46.9 Å². The van der Waals surface area contributed by atoms with Gasteiger partial charge in [0.25, 0.3) is 5.91 Å². The molecule has 132 valence electrons. The molecule has 0 saturated heterocycles. The third kappa shape index (κ3) is 5.22. The van der Waals surface area contributed by atoms with Crippen LogP contribution >= 0.6 is 15.9 Å². The monoisotopic (exact) mass is 407 g/mol. The van der Waals surface area contributed by atoms with E-state index >= 15 is 0 Å². The Bertz CT molecular complexity index is 761. The predicted molar refractivity (Wildman–Crippen MR) is 95.4 cm³/mol. The van der Waals surface area contributed by atoms with E-state index in [-0.39, 0.29) is 17.4 Å². The third-order valence-electron chi connectivity index (χ3n) is 3.55. The summed E-state index contributed by atoms with van der Waals surface area (Å²) in [6.07, 6.45) is 0.681. The SMILES string of the molecule is CC[C@H](NC(=O)COC(=O)c1ccc(O)cc1O)c1ccc(Br)cc1. The van der Waals surface area contributed by atoms with Crippen molar-refractivity contribution in [1.82, 2.24) is 5.32 Å². The molecular formula is C18H18BrNO5. The summed E-state index contributed by atoms with van der Waals surface area (Å²) in [5.74, 6) is -1.87. The number of nitrogens with one attached hydrogen (secondary N) is 1. The number of ether oxygens (including phenoxy) is 1. The van der Waals surface area contributed by atoms with Crippen molar-refractivity contribution in [3.63, 3.8) is 0 Å². The molecule has 0 spiro atoms. The van der Waals surface area contributed by atoms with Gasteiger partial charge < -0.3 is 20.3 Å². The van der Waals surface area contributed by atoms with Crippen molar-refractivity contribution in [2.24, 2.45) is 0 Å². The van der Waals surface area contributed by atoms with E-state index in [1.807, 2.05) is 31.2 Å². The maximum atomic E-state index is 12.0. The molecule has 2 aromatic carbocycles. The summed E-state index contributed by atoms with van der Waals surface area (Å²) >= 11 is 3.36. The smallest absolute Gasteiger partial charge is 0.342 e. The quantitative estimate of drug-likeness (QED) is 0.638. The highest BCUT2D eigenvalue weighted by Crippen LogP contribution is 2.23. The van der Waals surface area contributed by atoms with Crippen LogP contribution in [0.5, 0.6) is 11.5 Å². The number of carbonyl (C=O) groups excluding carboxylic acids is 2. The number of aromatic hydroxyl groups is 2.